The number of nitrogens with zero attached hydrogens (tertiary/aromatic N) is 2. The third-order valence-electron chi connectivity index (χ3n) is 5.87. The molecule has 3 atom stereocenters. The minimum atomic E-state index is -0.793. The highest BCUT2D eigenvalue weighted by atomic mass is 16.5. The molecule has 7 heteroatoms. The first kappa shape index (κ1) is 17.2. The third kappa shape index (κ3) is 3.01. The second-order valence-corrected chi connectivity index (χ2v) is 7.60. The van der Waals surface area contributed by atoms with Crippen molar-refractivity contribution in [2.75, 3.05) is 26.7 Å². The van der Waals surface area contributed by atoms with E-state index in [1.807, 2.05) is 6.92 Å². The number of amides is 2. The van der Waals surface area contributed by atoms with Crippen molar-refractivity contribution in [3.05, 3.63) is 0 Å². The summed E-state index contributed by atoms with van der Waals surface area (Å²) in [6, 6.07) is 0. The first-order valence-corrected chi connectivity index (χ1v) is 8.73. The lowest BCUT2D eigenvalue weighted by Gasteiger charge is -2.35. The Morgan fingerprint density at radius 1 is 1.21 bits per heavy atom. The van der Waals surface area contributed by atoms with Crippen molar-refractivity contribution < 1.29 is 24.2 Å². The van der Waals surface area contributed by atoms with E-state index < -0.39 is 11.4 Å². The van der Waals surface area contributed by atoms with Gasteiger partial charge in [-0.15, -0.1) is 0 Å². The molecule has 3 aliphatic rings. The van der Waals surface area contributed by atoms with Crippen LogP contribution in [0.4, 0.5) is 0 Å². The zero-order valence-electron chi connectivity index (χ0n) is 14.4. The van der Waals surface area contributed by atoms with Gasteiger partial charge in [0.05, 0.1) is 30.1 Å². The monoisotopic (exact) mass is 338 g/mol. The molecule has 134 valence electrons. The number of piperidine rings is 1. The van der Waals surface area contributed by atoms with Crippen LogP contribution in [-0.4, -0.2) is 71.6 Å². The molecule has 0 radical (unpaired) electrons. The molecule has 7 nitrogen and oxygen atoms in total. The van der Waals surface area contributed by atoms with Gasteiger partial charge in [-0.1, -0.05) is 0 Å². The van der Waals surface area contributed by atoms with Crippen LogP contribution in [0.25, 0.3) is 0 Å². The number of hydrogen-bond donors (Lipinski definition) is 1. The highest BCUT2D eigenvalue weighted by molar-refractivity contribution is 5.88. The maximum atomic E-state index is 12.8. The van der Waals surface area contributed by atoms with Crippen LogP contribution >= 0.6 is 0 Å². The van der Waals surface area contributed by atoms with E-state index >= 15 is 0 Å². The molecule has 0 aliphatic carbocycles. The molecule has 3 saturated heterocycles. The van der Waals surface area contributed by atoms with Crippen LogP contribution in [0.15, 0.2) is 0 Å². The van der Waals surface area contributed by atoms with Gasteiger partial charge in [0.25, 0.3) is 0 Å². The predicted octanol–water partition coefficient (Wildman–Crippen LogP) is 0.726. The summed E-state index contributed by atoms with van der Waals surface area (Å²) in [5.74, 6) is -1.29. The Hall–Kier alpha value is -1.63. The van der Waals surface area contributed by atoms with E-state index in [1.54, 1.807) is 11.9 Å². The van der Waals surface area contributed by atoms with Crippen molar-refractivity contribution in [1.29, 1.82) is 0 Å². The molecule has 2 amide bonds. The number of hydrogen-bond acceptors (Lipinski definition) is 4. The standard InChI is InChI=1S/C17H26N2O5/c1-17(9-12-3-4-13(17)24-12)16(23)18(2)10-14(20)19-7-5-11(6-8-19)15(21)22/h11-13H,3-10H2,1-2H3,(H,21,22). The van der Waals surface area contributed by atoms with Crippen molar-refractivity contribution in [3.8, 4) is 0 Å². The van der Waals surface area contributed by atoms with Crippen LogP contribution in [-0.2, 0) is 19.1 Å². The van der Waals surface area contributed by atoms with E-state index in [2.05, 4.69) is 0 Å². The summed E-state index contributed by atoms with van der Waals surface area (Å²) in [5, 5.41) is 9.01. The Kier molecular flexibility index (Phi) is 4.55. The summed E-state index contributed by atoms with van der Waals surface area (Å²) >= 11 is 0. The van der Waals surface area contributed by atoms with E-state index in [4.69, 9.17) is 9.84 Å². The maximum Gasteiger partial charge on any atom is 0.306 e. The smallest absolute Gasteiger partial charge is 0.306 e. The molecule has 3 rings (SSSR count). The van der Waals surface area contributed by atoms with Gasteiger partial charge in [-0.3, -0.25) is 14.4 Å². The third-order valence-corrected chi connectivity index (χ3v) is 5.87. The van der Waals surface area contributed by atoms with Gasteiger partial charge in [-0.05, 0) is 39.0 Å². The summed E-state index contributed by atoms with van der Waals surface area (Å²) in [6.45, 7) is 2.88. The molecule has 0 spiro atoms. The van der Waals surface area contributed by atoms with Crippen LogP contribution in [0, 0.1) is 11.3 Å². The van der Waals surface area contributed by atoms with Gasteiger partial charge in [0.2, 0.25) is 11.8 Å². The van der Waals surface area contributed by atoms with Crippen molar-refractivity contribution in [2.24, 2.45) is 11.3 Å². The zero-order valence-corrected chi connectivity index (χ0v) is 14.4. The van der Waals surface area contributed by atoms with Crippen LogP contribution in [0.1, 0.15) is 39.0 Å². The summed E-state index contributed by atoms with van der Waals surface area (Å²) in [4.78, 5) is 39.4. The summed E-state index contributed by atoms with van der Waals surface area (Å²) in [5.41, 5.74) is -0.520. The minimum absolute atomic E-state index is 0.0246. The number of likely N-dealkylation sites (N-methyl/N-ethyl adjacent to an activating group) is 1. The first-order valence-electron chi connectivity index (χ1n) is 8.73. The predicted molar refractivity (Wildman–Crippen MR) is 85.2 cm³/mol. The fraction of sp³-hybridized carbons (Fsp3) is 0.824. The Labute approximate surface area is 141 Å². The van der Waals surface area contributed by atoms with Gasteiger partial charge in [-0.2, -0.15) is 0 Å². The van der Waals surface area contributed by atoms with Crippen LogP contribution < -0.4 is 0 Å². The lowest BCUT2D eigenvalue weighted by atomic mass is 9.74. The van der Waals surface area contributed by atoms with E-state index in [0.29, 0.717) is 25.9 Å². The number of carboxylic acids is 1. The van der Waals surface area contributed by atoms with Gasteiger partial charge < -0.3 is 19.6 Å². The average molecular weight is 338 g/mol. The highest BCUT2D eigenvalue weighted by Crippen LogP contribution is 2.48. The summed E-state index contributed by atoms with van der Waals surface area (Å²) in [6.07, 6.45) is 3.79. The molecular formula is C17H26N2O5. The lowest BCUT2D eigenvalue weighted by molar-refractivity contribution is -0.149. The fourth-order valence-electron chi connectivity index (χ4n) is 4.34. The van der Waals surface area contributed by atoms with E-state index in [1.165, 1.54) is 4.90 Å². The number of carbonyl (C=O) groups is 3. The average Bonchev–Trinajstić information content (AvgIpc) is 3.15. The quantitative estimate of drug-likeness (QED) is 0.816. The number of aliphatic carboxylic acids is 1. The number of likely N-dealkylation sites (tertiary alicyclic amines) is 1. The van der Waals surface area contributed by atoms with Crippen molar-refractivity contribution in [1.82, 2.24) is 9.80 Å². The van der Waals surface area contributed by atoms with Crippen LogP contribution in [0.5, 0.6) is 0 Å². The second-order valence-electron chi connectivity index (χ2n) is 7.60. The first-order chi connectivity index (χ1) is 11.3. The number of rotatable bonds is 4. The van der Waals surface area contributed by atoms with E-state index in [-0.39, 0.29) is 36.5 Å². The lowest BCUT2D eigenvalue weighted by Crippen LogP contribution is -2.50. The largest absolute Gasteiger partial charge is 0.481 e. The molecule has 2 bridgehead atoms. The number of carbonyl (C=O) groups excluding carboxylic acids is 2. The Morgan fingerprint density at radius 3 is 2.38 bits per heavy atom. The SMILES string of the molecule is CN(CC(=O)N1CCC(C(=O)O)CC1)C(=O)C1(C)CC2CCC1O2. The van der Waals surface area contributed by atoms with Gasteiger partial charge in [0.1, 0.15) is 0 Å². The van der Waals surface area contributed by atoms with Gasteiger partial charge in [0, 0.05) is 20.1 Å². The molecule has 3 aliphatic heterocycles. The van der Waals surface area contributed by atoms with Gasteiger partial charge in [-0.25, -0.2) is 0 Å². The topological polar surface area (TPSA) is 87.2 Å². The Balaban J connectivity index is 1.53. The zero-order chi connectivity index (χ0) is 17.5. The number of fused-ring (bicyclic) bond motifs is 2. The minimum Gasteiger partial charge on any atom is -0.481 e. The molecular weight excluding hydrogens is 312 g/mol. The van der Waals surface area contributed by atoms with E-state index in [0.717, 1.165) is 19.3 Å². The fourth-order valence-corrected chi connectivity index (χ4v) is 4.34. The van der Waals surface area contributed by atoms with Crippen molar-refractivity contribution >= 4 is 17.8 Å². The molecule has 3 unspecified atom stereocenters. The van der Waals surface area contributed by atoms with Crippen LogP contribution in [0.2, 0.25) is 0 Å². The van der Waals surface area contributed by atoms with Gasteiger partial charge >= 0.3 is 5.97 Å². The summed E-state index contributed by atoms with van der Waals surface area (Å²) < 4.78 is 5.82. The number of ether oxygens (including phenoxy) is 1. The molecule has 24 heavy (non-hydrogen) atoms. The molecule has 0 saturated carbocycles. The Bertz CT molecular complexity index is 543. The van der Waals surface area contributed by atoms with E-state index in [9.17, 15) is 14.4 Å². The van der Waals surface area contributed by atoms with Crippen molar-refractivity contribution in [2.45, 2.75) is 51.2 Å². The van der Waals surface area contributed by atoms with Crippen LogP contribution in [0.3, 0.4) is 0 Å². The van der Waals surface area contributed by atoms with Gasteiger partial charge in [0.15, 0.2) is 0 Å². The Morgan fingerprint density at radius 2 is 1.88 bits per heavy atom. The number of carboxylic acid groups (broad SMARTS) is 1. The molecule has 0 aromatic heterocycles. The maximum absolute atomic E-state index is 12.8. The second kappa shape index (κ2) is 6.35. The molecule has 1 N–H and O–H groups in total. The normalized spacial score (nSPS) is 32.8. The van der Waals surface area contributed by atoms with Crippen molar-refractivity contribution in [3.63, 3.8) is 0 Å². The summed E-state index contributed by atoms with van der Waals surface area (Å²) in [7, 11) is 1.67. The molecule has 0 aromatic rings. The molecule has 0 aromatic carbocycles. The highest BCUT2D eigenvalue weighted by Gasteiger charge is 2.54. The molecule has 3 fully saturated rings. The molecule has 3 heterocycles.